The van der Waals surface area contributed by atoms with E-state index in [1.165, 1.54) is 0 Å². The lowest BCUT2D eigenvalue weighted by molar-refractivity contribution is -0.134. The molecule has 3 amide bonds. The molecule has 1 atom stereocenters. The van der Waals surface area contributed by atoms with Crippen molar-refractivity contribution in [1.82, 2.24) is 15.1 Å². The molecule has 0 spiro atoms. The Hall–Kier alpha value is -1.34. The fourth-order valence-electron chi connectivity index (χ4n) is 2.80. The zero-order valence-electron chi connectivity index (χ0n) is 13.1. The third kappa shape index (κ3) is 4.57. The van der Waals surface area contributed by atoms with Crippen molar-refractivity contribution in [3.05, 3.63) is 0 Å². The molecule has 1 unspecified atom stereocenters. The van der Waals surface area contributed by atoms with E-state index in [0.717, 1.165) is 0 Å². The van der Waals surface area contributed by atoms with Crippen LogP contribution in [0.1, 0.15) is 20.8 Å². The number of rotatable bonds is 2. The second-order valence-corrected chi connectivity index (χ2v) is 6.22. The number of ether oxygens (including phenoxy) is 2. The first-order valence-corrected chi connectivity index (χ1v) is 7.43. The summed E-state index contributed by atoms with van der Waals surface area (Å²) in [5, 5.41) is 2.71. The molecule has 7 nitrogen and oxygen atoms in total. The molecule has 7 heteroatoms. The molecule has 0 aromatic heterocycles. The molecule has 2 heterocycles. The molecule has 0 aromatic carbocycles. The van der Waals surface area contributed by atoms with Crippen LogP contribution in [0.5, 0.6) is 0 Å². The summed E-state index contributed by atoms with van der Waals surface area (Å²) in [6, 6.07) is -0.208. The third-order valence-electron chi connectivity index (χ3n) is 3.61. The van der Waals surface area contributed by atoms with E-state index in [1.807, 2.05) is 20.8 Å². The SMILES string of the molecule is CC1CN(C(=O)NCC(=O)N2CCOCC2)CC(C)(C)O1. The van der Waals surface area contributed by atoms with Crippen molar-refractivity contribution >= 4 is 11.9 Å². The minimum Gasteiger partial charge on any atom is -0.378 e. The number of hydrogen-bond donors (Lipinski definition) is 1. The summed E-state index contributed by atoms with van der Waals surface area (Å²) >= 11 is 0. The molecule has 2 fully saturated rings. The first-order chi connectivity index (χ1) is 9.87. The summed E-state index contributed by atoms with van der Waals surface area (Å²) in [5.41, 5.74) is -0.358. The third-order valence-corrected chi connectivity index (χ3v) is 3.61. The van der Waals surface area contributed by atoms with Crippen LogP contribution in [-0.4, -0.2) is 79.4 Å². The molecule has 0 aromatic rings. The second kappa shape index (κ2) is 6.62. The number of morpholine rings is 2. The molecule has 2 saturated heterocycles. The van der Waals surface area contributed by atoms with Crippen molar-refractivity contribution in [3.63, 3.8) is 0 Å². The van der Waals surface area contributed by atoms with E-state index in [0.29, 0.717) is 39.4 Å². The van der Waals surface area contributed by atoms with E-state index in [9.17, 15) is 9.59 Å². The topological polar surface area (TPSA) is 71.1 Å². The Labute approximate surface area is 125 Å². The average Bonchev–Trinajstić information content (AvgIpc) is 2.43. The first kappa shape index (κ1) is 16.0. The van der Waals surface area contributed by atoms with Gasteiger partial charge in [-0.05, 0) is 20.8 Å². The van der Waals surface area contributed by atoms with Gasteiger partial charge in [0.1, 0.15) is 0 Å². The number of urea groups is 1. The number of carbonyl (C=O) groups excluding carboxylic acids is 2. The van der Waals surface area contributed by atoms with Gasteiger partial charge in [-0.1, -0.05) is 0 Å². The van der Waals surface area contributed by atoms with Gasteiger partial charge < -0.3 is 24.6 Å². The van der Waals surface area contributed by atoms with Crippen LogP contribution in [0, 0.1) is 0 Å². The van der Waals surface area contributed by atoms with Crippen molar-refractivity contribution < 1.29 is 19.1 Å². The van der Waals surface area contributed by atoms with Crippen molar-refractivity contribution in [2.45, 2.75) is 32.5 Å². The highest BCUT2D eigenvalue weighted by Crippen LogP contribution is 2.20. The number of nitrogens with one attached hydrogen (secondary N) is 1. The van der Waals surface area contributed by atoms with Crippen LogP contribution < -0.4 is 5.32 Å². The monoisotopic (exact) mass is 299 g/mol. The molecule has 2 aliphatic heterocycles. The smallest absolute Gasteiger partial charge is 0.318 e. The normalized spacial score (nSPS) is 25.6. The van der Waals surface area contributed by atoms with E-state index in [1.54, 1.807) is 9.80 Å². The Balaban J connectivity index is 1.79. The summed E-state index contributed by atoms with van der Waals surface area (Å²) in [6.07, 6.45) is -0.00514. The molecule has 2 rings (SSSR count). The van der Waals surface area contributed by atoms with Crippen molar-refractivity contribution in [3.8, 4) is 0 Å². The van der Waals surface area contributed by atoms with Gasteiger partial charge in [0.2, 0.25) is 5.91 Å². The van der Waals surface area contributed by atoms with Gasteiger partial charge in [0.05, 0.1) is 38.0 Å². The van der Waals surface area contributed by atoms with E-state index in [4.69, 9.17) is 9.47 Å². The van der Waals surface area contributed by atoms with E-state index in [2.05, 4.69) is 5.32 Å². The van der Waals surface area contributed by atoms with E-state index >= 15 is 0 Å². The highest BCUT2D eigenvalue weighted by molar-refractivity contribution is 5.84. The van der Waals surface area contributed by atoms with Crippen LogP contribution in [-0.2, 0) is 14.3 Å². The summed E-state index contributed by atoms with van der Waals surface area (Å²) in [5.74, 6) is -0.0628. The lowest BCUT2D eigenvalue weighted by Crippen LogP contribution is -2.57. The molecule has 120 valence electrons. The molecule has 2 aliphatic rings. The maximum Gasteiger partial charge on any atom is 0.318 e. The van der Waals surface area contributed by atoms with Gasteiger partial charge in [0.25, 0.3) is 0 Å². The predicted molar refractivity (Wildman–Crippen MR) is 77.0 cm³/mol. The lowest BCUT2D eigenvalue weighted by atomic mass is 10.1. The van der Waals surface area contributed by atoms with Gasteiger partial charge in [-0.2, -0.15) is 0 Å². The Morgan fingerprint density at radius 3 is 2.52 bits per heavy atom. The van der Waals surface area contributed by atoms with Crippen LogP contribution in [0.2, 0.25) is 0 Å². The summed E-state index contributed by atoms with van der Waals surface area (Å²) < 4.78 is 11.0. The van der Waals surface area contributed by atoms with Crippen LogP contribution >= 0.6 is 0 Å². The van der Waals surface area contributed by atoms with Gasteiger partial charge in [-0.25, -0.2) is 4.79 Å². The number of nitrogens with zero attached hydrogens (tertiary/aromatic N) is 2. The number of amides is 3. The van der Waals surface area contributed by atoms with Crippen molar-refractivity contribution in [2.24, 2.45) is 0 Å². The highest BCUT2D eigenvalue weighted by Gasteiger charge is 2.33. The molecular formula is C14H25N3O4. The van der Waals surface area contributed by atoms with Crippen LogP contribution in [0.25, 0.3) is 0 Å². The largest absolute Gasteiger partial charge is 0.378 e. The molecule has 0 saturated carbocycles. The quantitative estimate of drug-likeness (QED) is 0.782. The van der Waals surface area contributed by atoms with Crippen LogP contribution in [0.4, 0.5) is 4.79 Å². The lowest BCUT2D eigenvalue weighted by Gasteiger charge is -2.41. The van der Waals surface area contributed by atoms with Crippen LogP contribution in [0.15, 0.2) is 0 Å². The van der Waals surface area contributed by atoms with Crippen LogP contribution in [0.3, 0.4) is 0 Å². The molecule has 1 N–H and O–H groups in total. The van der Waals surface area contributed by atoms with Gasteiger partial charge in [-0.15, -0.1) is 0 Å². The van der Waals surface area contributed by atoms with Gasteiger partial charge in [-0.3, -0.25) is 4.79 Å². The Bertz CT molecular complexity index is 394. The Morgan fingerprint density at radius 2 is 1.90 bits per heavy atom. The Morgan fingerprint density at radius 1 is 1.24 bits per heavy atom. The molecule has 0 radical (unpaired) electrons. The first-order valence-electron chi connectivity index (χ1n) is 7.43. The molecular weight excluding hydrogens is 274 g/mol. The fourth-order valence-corrected chi connectivity index (χ4v) is 2.80. The predicted octanol–water partition coefficient (Wildman–Crippen LogP) is 0.0541. The summed E-state index contributed by atoms with van der Waals surface area (Å²) in [6.45, 7) is 9.28. The Kier molecular flexibility index (Phi) is 5.05. The second-order valence-electron chi connectivity index (χ2n) is 6.22. The average molecular weight is 299 g/mol. The van der Waals surface area contributed by atoms with Gasteiger partial charge >= 0.3 is 6.03 Å². The molecule has 0 bridgehead atoms. The minimum absolute atomic E-state index is 0.00514. The summed E-state index contributed by atoms with van der Waals surface area (Å²) in [7, 11) is 0. The molecule has 0 aliphatic carbocycles. The fraction of sp³-hybridized carbons (Fsp3) is 0.857. The van der Waals surface area contributed by atoms with Gasteiger partial charge in [0.15, 0.2) is 0 Å². The number of carbonyl (C=O) groups is 2. The molecule has 21 heavy (non-hydrogen) atoms. The van der Waals surface area contributed by atoms with E-state index < -0.39 is 0 Å². The van der Waals surface area contributed by atoms with Crippen molar-refractivity contribution in [2.75, 3.05) is 45.9 Å². The maximum atomic E-state index is 12.2. The zero-order chi connectivity index (χ0) is 15.5. The van der Waals surface area contributed by atoms with E-state index in [-0.39, 0.29) is 30.2 Å². The highest BCUT2D eigenvalue weighted by atomic mass is 16.5. The zero-order valence-corrected chi connectivity index (χ0v) is 13.1. The standard InChI is InChI=1S/C14H25N3O4/c1-11-9-17(10-14(2,3)21-11)13(19)15-8-12(18)16-4-6-20-7-5-16/h11H,4-10H2,1-3H3,(H,15,19). The summed E-state index contributed by atoms with van der Waals surface area (Å²) in [4.78, 5) is 27.6. The van der Waals surface area contributed by atoms with Crippen molar-refractivity contribution in [1.29, 1.82) is 0 Å². The van der Waals surface area contributed by atoms with Gasteiger partial charge in [0, 0.05) is 19.6 Å². The minimum atomic E-state index is -0.358. The maximum absolute atomic E-state index is 12.2. The number of hydrogen-bond acceptors (Lipinski definition) is 4.